The van der Waals surface area contributed by atoms with Gasteiger partial charge in [-0.3, -0.25) is 0 Å². The fraction of sp³-hybridized carbons (Fsp3) is 0. The topological polar surface area (TPSA) is 0 Å². The molecule has 0 aliphatic heterocycles. The van der Waals surface area contributed by atoms with Crippen molar-refractivity contribution < 1.29 is 0 Å². The third-order valence-electron chi connectivity index (χ3n) is 2.33. The molecule has 0 amide bonds. The lowest BCUT2D eigenvalue weighted by molar-refractivity contribution is 1.69. The van der Waals surface area contributed by atoms with Gasteiger partial charge in [-0.25, -0.2) is 0 Å². The molecule has 2 aromatic rings. The SMILES string of the molecule is PPc1ccccc1-c1ccccc1P. The van der Waals surface area contributed by atoms with Gasteiger partial charge in [0.25, 0.3) is 0 Å². The van der Waals surface area contributed by atoms with Crippen LogP contribution in [0.3, 0.4) is 0 Å². The van der Waals surface area contributed by atoms with Gasteiger partial charge in [-0.2, -0.15) is 0 Å². The zero-order chi connectivity index (χ0) is 10.7. The van der Waals surface area contributed by atoms with E-state index in [1.54, 1.807) is 0 Å². The summed E-state index contributed by atoms with van der Waals surface area (Å²) in [5.74, 6) is 0. The fourth-order valence-electron chi connectivity index (χ4n) is 1.59. The van der Waals surface area contributed by atoms with Gasteiger partial charge in [-0.15, -0.1) is 18.2 Å². The molecule has 0 fully saturated rings. The normalized spacial score (nSPS) is 11.1. The summed E-state index contributed by atoms with van der Waals surface area (Å²) >= 11 is 0. The summed E-state index contributed by atoms with van der Waals surface area (Å²) in [7, 11) is 6.37. The van der Waals surface area contributed by atoms with E-state index in [9.17, 15) is 0 Å². The van der Waals surface area contributed by atoms with Crippen LogP contribution in [0.2, 0.25) is 0 Å². The average Bonchev–Trinajstić information content (AvgIpc) is 2.30. The summed E-state index contributed by atoms with van der Waals surface area (Å²) in [5.41, 5.74) is 2.66. The highest BCUT2D eigenvalue weighted by molar-refractivity contribution is 8.06. The Bertz CT molecular complexity index is 466. The number of hydrogen-bond acceptors (Lipinski definition) is 0. The molecule has 76 valence electrons. The maximum atomic E-state index is 2.82. The van der Waals surface area contributed by atoms with Gasteiger partial charge in [-0.05, 0) is 21.7 Å². The first kappa shape index (κ1) is 11.2. The second-order valence-electron chi connectivity index (χ2n) is 3.28. The maximum Gasteiger partial charge on any atom is -0.0100 e. The molecule has 0 aromatic heterocycles. The van der Waals surface area contributed by atoms with Gasteiger partial charge in [0, 0.05) is 0 Å². The molecule has 0 radical (unpaired) electrons. The molecule has 0 spiro atoms. The molecule has 0 bridgehead atoms. The van der Waals surface area contributed by atoms with Crippen LogP contribution in [0, 0.1) is 0 Å². The quantitative estimate of drug-likeness (QED) is 0.719. The molecule has 2 rings (SSSR count). The van der Waals surface area contributed by atoms with Gasteiger partial charge in [0.1, 0.15) is 0 Å². The van der Waals surface area contributed by atoms with Crippen LogP contribution in [0.1, 0.15) is 0 Å². The molecule has 0 nitrogen and oxygen atoms in total. The van der Waals surface area contributed by atoms with Crippen LogP contribution in [0.25, 0.3) is 11.1 Å². The van der Waals surface area contributed by atoms with Crippen molar-refractivity contribution in [2.24, 2.45) is 0 Å². The third-order valence-corrected chi connectivity index (χ3v) is 4.52. The van der Waals surface area contributed by atoms with E-state index in [-0.39, 0.29) is 0 Å². The smallest absolute Gasteiger partial charge is 0.0100 e. The molecule has 3 atom stereocenters. The summed E-state index contributed by atoms with van der Waals surface area (Å²) in [6.07, 6.45) is 0. The van der Waals surface area contributed by atoms with Crippen LogP contribution in [0.15, 0.2) is 48.5 Å². The molecule has 3 heteroatoms. The lowest BCUT2D eigenvalue weighted by atomic mass is 10.1. The Hall–Kier alpha value is -0.270. The molecule has 0 heterocycles. The van der Waals surface area contributed by atoms with Crippen molar-refractivity contribution in [3.63, 3.8) is 0 Å². The van der Waals surface area contributed by atoms with Crippen molar-refractivity contribution in [1.29, 1.82) is 0 Å². The van der Waals surface area contributed by atoms with E-state index in [2.05, 4.69) is 66.7 Å². The van der Waals surface area contributed by atoms with Crippen molar-refractivity contribution in [3.05, 3.63) is 48.5 Å². The summed E-state index contributed by atoms with van der Waals surface area (Å²) in [4.78, 5) is 0. The third kappa shape index (κ3) is 2.46. The van der Waals surface area contributed by atoms with Crippen LogP contribution in [0.4, 0.5) is 0 Å². The maximum absolute atomic E-state index is 2.82. The average molecular weight is 250 g/mol. The highest BCUT2D eigenvalue weighted by Crippen LogP contribution is 2.27. The van der Waals surface area contributed by atoms with Crippen molar-refractivity contribution in [3.8, 4) is 11.1 Å². The zero-order valence-electron chi connectivity index (χ0n) is 8.27. The fourth-order valence-corrected chi connectivity index (χ4v) is 3.27. The van der Waals surface area contributed by atoms with Gasteiger partial charge in [0.2, 0.25) is 0 Å². The number of rotatable bonds is 2. The summed E-state index contributed by atoms with van der Waals surface area (Å²) in [6, 6.07) is 17.0. The Kier molecular flexibility index (Phi) is 3.87. The van der Waals surface area contributed by atoms with Crippen LogP contribution in [0.5, 0.6) is 0 Å². The van der Waals surface area contributed by atoms with Crippen molar-refractivity contribution in [2.75, 3.05) is 0 Å². The Morgan fingerprint density at radius 3 is 2.07 bits per heavy atom. The predicted molar refractivity (Wildman–Crippen MR) is 78.9 cm³/mol. The first-order valence-electron chi connectivity index (χ1n) is 4.73. The molecule has 0 aliphatic carbocycles. The first-order valence-corrected chi connectivity index (χ1v) is 8.12. The van der Waals surface area contributed by atoms with E-state index >= 15 is 0 Å². The molecule has 0 saturated heterocycles. The highest BCUT2D eigenvalue weighted by Gasteiger charge is 2.04. The second-order valence-corrected chi connectivity index (χ2v) is 5.59. The second kappa shape index (κ2) is 5.18. The Morgan fingerprint density at radius 1 is 0.800 bits per heavy atom. The minimum Gasteiger partial charge on any atom is -0.110 e. The van der Waals surface area contributed by atoms with Gasteiger partial charge in [0.15, 0.2) is 0 Å². The minimum absolute atomic E-state index is 0.758. The molecule has 15 heavy (non-hydrogen) atoms. The van der Waals surface area contributed by atoms with Crippen LogP contribution in [-0.4, -0.2) is 0 Å². The van der Waals surface area contributed by atoms with Gasteiger partial charge in [-0.1, -0.05) is 56.8 Å². The van der Waals surface area contributed by atoms with Crippen molar-refractivity contribution in [2.45, 2.75) is 0 Å². The van der Waals surface area contributed by atoms with E-state index in [1.807, 2.05) is 0 Å². The first-order chi connectivity index (χ1) is 7.33. The van der Waals surface area contributed by atoms with Crippen molar-refractivity contribution in [1.82, 2.24) is 0 Å². The Labute approximate surface area is 97.0 Å². The molecule has 0 aliphatic rings. The van der Waals surface area contributed by atoms with Gasteiger partial charge in [0.05, 0.1) is 0 Å². The van der Waals surface area contributed by atoms with Gasteiger partial charge >= 0.3 is 0 Å². The lowest BCUT2D eigenvalue weighted by Gasteiger charge is -2.09. The zero-order valence-corrected chi connectivity index (χ0v) is 11.6. The number of benzene rings is 2. The molecule has 2 aromatic carbocycles. The Morgan fingerprint density at radius 2 is 1.40 bits per heavy atom. The Balaban J connectivity index is 2.59. The molecule has 3 unspecified atom stereocenters. The van der Waals surface area contributed by atoms with E-state index < -0.39 is 0 Å². The van der Waals surface area contributed by atoms with Crippen LogP contribution < -0.4 is 10.6 Å². The van der Waals surface area contributed by atoms with E-state index in [0.29, 0.717) is 0 Å². The van der Waals surface area contributed by atoms with Crippen LogP contribution in [-0.2, 0) is 0 Å². The molecule has 0 N–H and O–H groups in total. The summed E-state index contributed by atoms with van der Waals surface area (Å²) < 4.78 is 0. The molecular formula is C12H13P3. The molecular weight excluding hydrogens is 237 g/mol. The standard InChI is InChI=1S/C12H13P3/c13-11-7-3-1-5-9(11)10-6-2-4-8-12(10)15-14/h1-8,15H,13-14H2. The highest BCUT2D eigenvalue weighted by atomic mass is 32.0. The monoisotopic (exact) mass is 250 g/mol. The lowest BCUT2D eigenvalue weighted by Crippen LogP contribution is -2.03. The van der Waals surface area contributed by atoms with Crippen molar-refractivity contribution >= 4 is 37.0 Å². The van der Waals surface area contributed by atoms with E-state index in [0.717, 1.165) is 8.27 Å². The van der Waals surface area contributed by atoms with Gasteiger partial charge < -0.3 is 0 Å². The summed E-state index contributed by atoms with van der Waals surface area (Å²) in [5, 5.41) is 2.66. The minimum atomic E-state index is 0.758. The summed E-state index contributed by atoms with van der Waals surface area (Å²) in [6.45, 7) is 0. The number of hydrogen-bond donors (Lipinski definition) is 0. The molecule has 0 saturated carbocycles. The predicted octanol–water partition coefficient (Wildman–Crippen LogP) is 2.95. The van der Waals surface area contributed by atoms with E-state index in [4.69, 9.17) is 0 Å². The van der Waals surface area contributed by atoms with E-state index in [1.165, 1.54) is 21.7 Å². The van der Waals surface area contributed by atoms with Crippen LogP contribution >= 0.6 is 26.4 Å². The largest absolute Gasteiger partial charge is 0.110 e.